The van der Waals surface area contributed by atoms with Gasteiger partial charge < -0.3 is 11.1 Å². The fourth-order valence-electron chi connectivity index (χ4n) is 2.27. The number of halogens is 1. The maximum absolute atomic E-state index is 5.86. The summed E-state index contributed by atoms with van der Waals surface area (Å²) < 4.78 is 0. The van der Waals surface area contributed by atoms with E-state index in [4.69, 9.17) is 17.3 Å². The first-order chi connectivity index (χ1) is 7.24. The minimum Gasteiger partial charge on any atom is -0.378 e. The third-order valence-corrected chi connectivity index (χ3v) is 3.46. The lowest BCUT2D eigenvalue weighted by atomic mass is 9.97. The zero-order valence-electron chi connectivity index (χ0n) is 8.80. The molecule has 1 aromatic rings. The molecule has 0 saturated heterocycles. The van der Waals surface area contributed by atoms with Crippen LogP contribution in [-0.2, 0) is 0 Å². The Morgan fingerprint density at radius 3 is 2.33 bits per heavy atom. The van der Waals surface area contributed by atoms with Crippen LogP contribution in [0.3, 0.4) is 0 Å². The first kappa shape index (κ1) is 10.8. The molecule has 15 heavy (non-hydrogen) atoms. The second-order valence-corrected chi connectivity index (χ2v) is 4.76. The molecule has 0 heterocycles. The van der Waals surface area contributed by atoms with Gasteiger partial charge in [0.15, 0.2) is 0 Å². The normalized spacial score (nSPS) is 19.1. The van der Waals surface area contributed by atoms with E-state index in [1.54, 1.807) is 0 Å². The van der Waals surface area contributed by atoms with Gasteiger partial charge in [0.2, 0.25) is 0 Å². The summed E-state index contributed by atoms with van der Waals surface area (Å²) in [5.74, 6) is 0. The molecule has 82 valence electrons. The van der Waals surface area contributed by atoms with E-state index in [1.165, 1.54) is 25.7 Å². The molecule has 2 rings (SSSR count). The van der Waals surface area contributed by atoms with Crippen LogP contribution < -0.4 is 11.1 Å². The van der Waals surface area contributed by atoms with Crippen molar-refractivity contribution in [1.82, 2.24) is 0 Å². The van der Waals surface area contributed by atoms with Crippen molar-refractivity contribution in [2.45, 2.75) is 31.2 Å². The van der Waals surface area contributed by atoms with Gasteiger partial charge in [-0.05, 0) is 37.1 Å². The highest BCUT2D eigenvalue weighted by atomic mass is 35.5. The maximum Gasteiger partial charge on any atom is 0.0495 e. The molecule has 0 bridgehead atoms. The standard InChI is InChI=1S/C12H17ClN2/c13-10-3-5-11(6-4-10)15-12(9-14)7-1-2-8-12/h3-6,15H,1-2,7-9,14H2. The summed E-state index contributed by atoms with van der Waals surface area (Å²) in [6.45, 7) is 0.704. The van der Waals surface area contributed by atoms with Gasteiger partial charge in [0.1, 0.15) is 0 Å². The molecule has 0 aromatic heterocycles. The average Bonchev–Trinajstić information content (AvgIpc) is 2.71. The number of hydrogen-bond acceptors (Lipinski definition) is 2. The molecular formula is C12H17ClN2. The topological polar surface area (TPSA) is 38.0 Å². The van der Waals surface area contributed by atoms with E-state index < -0.39 is 0 Å². The molecule has 0 atom stereocenters. The van der Waals surface area contributed by atoms with Crippen LogP contribution in [0.4, 0.5) is 5.69 Å². The second-order valence-electron chi connectivity index (χ2n) is 4.32. The Morgan fingerprint density at radius 2 is 1.80 bits per heavy atom. The number of nitrogens with two attached hydrogens (primary N) is 1. The Kier molecular flexibility index (Phi) is 3.17. The lowest BCUT2D eigenvalue weighted by Crippen LogP contribution is -2.42. The molecule has 1 aliphatic carbocycles. The molecule has 3 N–H and O–H groups in total. The van der Waals surface area contributed by atoms with Gasteiger partial charge in [-0.2, -0.15) is 0 Å². The van der Waals surface area contributed by atoms with E-state index in [2.05, 4.69) is 5.32 Å². The minimum atomic E-state index is 0.119. The van der Waals surface area contributed by atoms with Crippen LogP contribution in [0.15, 0.2) is 24.3 Å². The summed E-state index contributed by atoms with van der Waals surface area (Å²) in [5.41, 5.74) is 7.09. The van der Waals surface area contributed by atoms with Crippen molar-refractivity contribution >= 4 is 17.3 Å². The van der Waals surface area contributed by atoms with Crippen molar-refractivity contribution in [3.05, 3.63) is 29.3 Å². The molecule has 2 nitrogen and oxygen atoms in total. The lowest BCUT2D eigenvalue weighted by molar-refractivity contribution is 0.493. The van der Waals surface area contributed by atoms with Gasteiger partial charge in [-0.25, -0.2) is 0 Å². The highest BCUT2D eigenvalue weighted by Crippen LogP contribution is 2.32. The third kappa shape index (κ3) is 2.44. The lowest BCUT2D eigenvalue weighted by Gasteiger charge is -2.30. The van der Waals surface area contributed by atoms with Gasteiger partial charge in [-0.15, -0.1) is 0 Å². The molecule has 1 saturated carbocycles. The molecule has 0 aliphatic heterocycles. The van der Waals surface area contributed by atoms with Crippen LogP contribution in [0.25, 0.3) is 0 Å². The molecule has 1 aromatic carbocycles. The average molecular weight is 225 g/mol. The smallest absolute Gasteiger partial charge is 0.0495 e. The van der Waals surface area contributed by atoms with E-state index in [0.717, 1.165) is 10.7 Å². The molecular weight excluding hydrogens is 208 g/mol. The zero-order valence-corrected chi connectivity index (χ0v) is 9.56. The minimum absolute atomic E-state index is 0.119. The maximum atomic E-state index is 5.86. The summed E-state index contributed by atoms with van der Waals surface area (Å²) in [6.07, 6.45) is 4.90. The SMILES string of the molecule is NCC1(Nc2ccc(Cl)cc2)CCCC1. The van der Waals surface area contributed by atoms with Gasteiger partial charge >= 0.3 is 0 Å². The van der Waals surface area contributed by atoms with Crippen molar-refractivity contribution < 1.29 is 0 Å². The quantitative estimate of drug-likeness (QED) is 0.829. The summed E-state index contributed by atoms with van der Waals surface area (Å²) in [6, 6.07) is 7.84. The van der Waals surface area contributed by atoms with Gasteiger partial charge in [-0.1, -0.05) is 24.4 Å². The Hall–Kier alpha value is -0.730. The Morgan fingerprint density at radius 1 is 1.20 bits per heavy atom. The van der Waals surface area contributed by atoms with Crippen molar-refractivity contribution in [3.8, 4) is 0 Å². The van der Waals surface area contributed by atoms with Crippen LogP contribution in [0, 0.1) is 0 Å². The summed E-state index contributed by atoms with van der Waals surface area (Å²) in [4.78, 5) is 0. The van der Waals surface area contributed by atoms with E-state index in [1.807, 2.05) is 24.3 Å². The second kappa shape index (κ2) is 4.42. The largest absolute Gasteiger partial charge is 0.378 e. The Balaban J connectivity index is 2.09. The molecule has 1 aliphatic rings. The first-order valence-electron chi connectivity index (χ1n) is 5.48. The number of hydrogen-bond donors (Lipinski definition) is 2. The molecule has 1 fully saturated rings. The predicted octanol–water partition coefficient (Wildman–Crippen LogP) is 3.02. The van der Waals surface area contributed by atoms with E-state index >= 15 is 0 Å². The van der Waals surface area contributed by atoms with E-state index in [9.17, 15) is 0 Å². The van der Waals surface area contributed by atoms with Crippen molar-refractivity contribution in [3.63, 3.8) is 0 Å². The number of benzene rings is 1. The molecule has 0 radical (unpaired) electrons. The van der Waals surface area contributed by atoms with Gasteiger partial charge in [-0.3, -0.25) is 0 Å². The number of anilines is 1. The molecule has 0 spiro atoms. The fourth-order valence-corrected chi connectivity index (χ4v) is 2.40. The van der Waals surface area contributed by atoms with Crippen LogP contribution in [0.5, 0.6) is 0 Å². The van der Waals surface area contributed by atoms with Crippen molar-refractivity contribution in [1.29, 1.82) is 0 Å². The van der Waals surface area contributed by atoms with Gasteiger partial charge in [0, 0.05) is 22.8 Å². The summed E-state index contributed by atoms with van der Waals surface area (Å²) in [5, 5.41) is 4.32. The number of nitrogens with one attached hydrogen (secondary N) is 1. The van der Waals surface area contributed by atoms with Crippen LogP contribution >= 0.6 is 11.6 Å². The fraction of sp³-hybridized carbons (Fsp3) is 0.500. The summed E-state index contributed by atoms with van der Waals surface area (Å²) >= 11 is 5.84. The molecule has 0 unspecified atom stereocenters. The Labute approximate surface area is 95.8 Å². The third-order valence-electron chi connectivity index (χ3n) is 3.21. The predicted molar refractivity (Wildman–Crippen MR) is 65.3 cm³/mol. The van der Waals surface area contributed by atoms with Crippen LogP contribution in [-0.4, -0.2) is 12.1 Å². The molecule has 3 heteroatoms. The Bertz CT molecular complexity index is 315. The van der Waals surface area contributed by atoms with Gasteiger partial charge in [0.25, 0.3) is 0 Å². The van der Waals surface area contributed by atoms with E-state index in [-0.39, 0.29) is 5.54 Å². The van der Waals surface area contributed by atoms with Crippen LogP contribution in [0.1, 0.15) is 25.7 Å². The van der Waals surface area contributed by atoms with Crippen molar-refractivity contribution in [2.75, 3.05) is 11.9 Å². The van der Waals surface area contributed by atoms with Crippen LogP contribution in [0.2, 0.25) is 5.02 Å². The first-order valence-corrected chi connectivity index (χ1v) is 5.86. The number of rotatable bonds is 3. The monoisotopic (exact) mass is 224 g/mol. The molecule has 0 amide bonds. The highest BCUT2D eigenvalue weighted by molar-refractivity contribution is 6.30. The highest BCUT2D eigenvalue weighted by Gasteiger charge is 2.31. The van der Waals surface area contributed by atoms with Crippen molar-refractivity contribution in [2.24, 2.45) is 5.73 Å². The summed E-state index contributed by atoms with van der Waals surface area (Å²) in [7, 11) is 0. The van der Waals surface area contributed by atoms with Gasteiger partial charge in [0.05, 0.1) is 0 Å². The zero-order chi connectivity index (χ0) is 10.7. The van der Waals surface area contributed by atoms with E-state index in [0.29, 0.717) is 6.54 Å².